The molecule has 1 rings (SSSR count). The SMILES string of the molecule is CCC(C)C(=O)Sc1cc(C(=O)O)c(F)cc1Br. The van der Waals surface area contributed by atoms with Crippen LogP contribution in [0.15, 0.2) is 21.5 Å². The van der Waals surface area contributed by atoms with Gasteiger partial charge in [0.2, 0.25) is 0 Å². The van der Waals surface area contributed by atoms with Crippen LogP contribution in [0.4, 0.5) is 4.39 Å². The second-order valence-electron chi connectivity index (χ2n) is 3.80. The lowest BCUT2D eigenvalue weighted by atomic mass is 10.1. The normalized spacial score (nSPS) is 12.2. The minimum Gasteiger partial charge on any atom is -0.478 e. The van der Waals surface area contributed by atoms with E-state index in [1.165, 1.54) is 6.07 Å². The van der Waals surface area contributed by atoms with Crippen molar-refractivity contribution in [2.24, 2.45) is 5.92 Å². The molecule has 1 aromatic carbocycles. The topological polar surface area (TPSA) is 54.4 Å². The second-order valence-corrected chi connectivity index (χ2v) is 5.70. The van der Waals surface area contributed by atoms with E-state index in [4.69, 9.17) is 5.11 Å². The third-order valence-electron chi connectivity index (χ3n) is 2.48. The molecule has 0 radical (unpaired) electrons. The van der Waals surface area contributed by atoms with Crippen molar-refractivity contribution in [3.63, 3.8) is 0 Å². The van der Waals surface area contributed by atoms with Crippen LogP contribution in [0.1, 0.15) is 30.6 Å². The minimum atomic E-state index is -1.35. The summed E-state index contributed by atoms with van der Waals surface area (Å²) < 4.78 is 13.7. The molecule has 98 valence electrons. The van der Waals surface area contributed by atoms with Gasteiger partial charge in [-0.3, -0.25) is 4.79 Å². The van der Waals surface area contributed by atoms with E-state index in [1.54, 1.807) is 6.92 Å². The summed E-state index contributed by atoms with van der Waals surface area (Å²) in [6.45, 7) is 3.69. The standard InChI is InChI=1S/C12H12BrFO3S/c1-3-6(2)12(17)18-10-4-7(11(15)16)9(14)5-8(10)13/h4-6H,3H2,1-2H3,(H,15,16). The molecule has 6 heteroatoms. The highest BCUT2D eigenvalue weighted by Gasteiger charge is 2.18. The molecule has 0 bridgehead atoms. The summed E-state index contributed by atoms with van der Waals surface area (Å²) in [4.78, 5) is 23.0. The number of hydrogen-bond acceptors (Lipinski definition) is 3. The zero-order valence-electron chi connectivity index (χ0n) is 9.87. The van der Waals surface area contributed by atoms with Crippen molar-refractivity contribution >= 4 is 38.8 Å². The van der Waals surface area contributed by atoms with Gasteiger partial charge in [-0.1, -0.05) is 25.6 Å². The van der Waals surface area contributed by atoms with E-state index < -0.39 is 17.3 Å². The fraction of sp³-hybridized carbons (Fsp3) is 0.333. The fourth-order valence-electron chi connectivity index (χ4n) is 1.15. The Morgan fingerprint density at radius 2 is 2.11 bits per heavy atom. The van der Waals surface area contributed by atoms with E-state index in [2.05, 4.69) is 15.9 Å². The Bertz CT molecular complexity index is 490. The Balaban J connectivity index is 3.06. The third-order valence-corrected chi connectivity index (χ3v) is 4.56. The van der Waals surface area contributed by atoms with Crippen molar-refractivity contribution in [3.05, 3.63) is 28.0 Å². The number of carbonyl (C=O) groups is 2. The summed E-state index contributed by atoms with van der Waals surface area (Å²) in [5, 5.41) is 8.75. The Kier molecular flexibility index (Phi) is 5.34. The van der Waals surface area contributed by atoms with Crippen LogP contribution in [0.25, 0.3) is 0 Å². The largest absolute Gasteiger partial charge is 0.478 e. The highest BCUT2D eigenvalue weighted by molar-refractivity contribution is 9.10. The van der Waals surface area contributed by atoms with E-state index in [9.17, 15) is 14.0 Å². The number of rotatable bonds is 4. The Morgan fingerprint density at radius 3 is 2.61 bits per heavy atom. The van der Waals surface area contributed by atoms with Gasteiger partial charge >= 0.3 is 5.97 Å². The highest BCUT2D eigenvalue weighted by Crippen LogP contribution is 2.32. The third kappa shape index (κ3) is 3.55. The Labute approximate surface area is 117 Å². The van der Waals surface area contributed by atoms with Crippen LogP contribution in [0.3, 0.4) is 0 Å². The molecule has 0 saturated carbocycles. The van der Waals surface area contributed by atoms with Crippen LogP contribution in [-0.4, -0.2) is 16.2 Å². The number of hydrogen-bond donors (Lipinski definition) is 1. The summed E-state index contributed by atoms with van der Waals surface area (Å²) in [5.41, 5.74) is -0.433. The predicted octanol–water partition coefficient (Wildman–Crippen LogP) is 3.95. The number of thioether (sulfide) groups is 1. The van der Waals surface area contributed by atoms with Crippen molar-refractivity contribution < 1.29 is 19.1 Å². The van der Waals surface area contributed by atoms with E-state index in [1.807, 2.05) is 6.92 Å². The van der Waals surface area contributed by atoms with Crippen molar-refractivity contribution in [2.75, 3.05) is 0 Å². The van der Waals surface area contributed by atoms with Crippen LogP contribution in [0.5, 0.6) is 0 Å². The van der Waals surface area contributed by atoms with Gasteiger partial charge in [0.05, 0.1) is 5.56 Å². The molecule has 0 amide bonds. The van der Waals surface area contributed by atoms with Crippen molar-refractivity contribution in [1.29, 1.82) is 0 Å². The molecule has 1 unspecified atom stereocenters. The molecule has 0 spiro atoms. The maximum Gasteiger partial charge on any atom is 0.338 e. The first-order chi connectivity index (χ1) is 8.36. The molecule has 1 N–H and O–H groups in total. The Hall–Kier alpha value is -0.880. The summed E-state index contributed by atoms with van der Waals surface area (Å²) >= 11 is 4.05. The molecule has 0 aliphatic heterocycles. The molecule has 1 aromatic rings. The van der Waals surface area contributed by atoms with Gasteiger partial charge in [-0.25, -0.2) is 9.18 Å². The van der Waals surface area contributed by atoms with E-state index in [-0.39, 0.29) is 11.0 Å². The zero-order chi connectivity index (χ0) is 13.9. The minimum absolute atomic E-state index is 0.0684. The van der Waals surface area contributed by atoms with Gasteiger partial charge < -0.3 is 5.11 Å². The molecular formula is C12H12BrFO3S. The number of carboxylic acid groups (broad SMARTS) is 1. The van der Waals surface area contributed by atoms with Crippen molar-refractivity contribution in [2.45, 2.75) is 25.2 Å². The molecule has 0 heterocycles. The molecule has 0 saturated heterocycles. The van der Waals surface area contributed by atoms with Crippen molar-refractivity contribution in [3.8, 4) is 0 Å². The van der Waals surface area contributed by atoms with Gasteiger partial charge in [0.15, 0.2) is 5.12 Å². The maximum absolute atomic E-state index is 13.3. The quantitative estimate of drug-likeness (QED) is 0.847. The number of halogens is 2. The van der Waals surface area contributed by atoms with Gasteiger partial charge in [-0.05, 0) is 34.5 Å². The summed E-state index contributed by atoms with van der Waals surface area (Å²) in [6, 6.07) is 2.24. The maximum atomic E-state index is 13.3. The van der Waals surface area contributed by atoms with Crippen LogP contribution >= 0.6 is 27.7 Å². The van der Waals surface area contributed by atoms with Gasteiger partial charge in [-0.2, -0.15) is 0 Å². The van der Waals surface area contributed by atoms with E-state index in [0.717, 1.165) is 17.8 Å². The van der Waals surface area contributed by atoms with Crippen molar-refractivity contribution in [1.82, 2.24) is 0 Å². The summed E-state index contributed by atoms with van der Waals surface area (Å²) in [7, 11) is 0. The van der Waals surface area contributed by atoms with Crippen LogP contribution < -0.4 is 0 Å². The zero-order valence-corrected chi connectivity index (χ0v) is 12.3. The van der Waals surface area contributed by atoms with Gasteiger partial charge in [0, 0.05) is 15.3 Å². The Morgan fingerprint density at radius 1 is 1.50 bits per heavy atom. The summed E-state index contributed by atoms with van der Waals surface area (Å²) in [5.74, 6) is -2.30. The van der Waals surface area contributed by atoms with Crippen LogP contribution in [0, 0.1) is 11.7 Å². The number of carbonyl (C=O) groups excluding carboxylic acids is 1. The van der Waals surface area contributed by atoms with Gasteiger partial charge in [-0.15, -0.1) is 0 Å². The average Bonchev–Trinajstić information content (AvgIpc) is 2.30. The molecular weight excluding hydrogens is 323 g/mol. The average molecular weight is 335 g/mol. The molecule has 1 atom stereocenters. The first-order valence-electron chi connectivity index (χ1n) is 5.30. The smallest absolute Gasteiger partial charge is 0.338 e. The molecule has 3 nitrogen and oxygen atoms in total. The second kappa shape index (κ2) is 6.33. The fourth-order valence-corrected chi connectivity index (χ4v) is 2.62. The van der Waals surface area contributed by atoms with Crippen LogP contribution in [0.2, 0.25) is 0 Å². The lowest BCUT2D eigenvalue weighted by molar-refractivity contribution is -0.114. The number of carboxylic acids is 1. The number of benzene rings is 1. The summed E-state index contributed by atoms with van der Waals surface area (Å²) in [6.07, 6.45) is 0.705. The molecule has 0 aliphatic rings. The molecule has 0 aromatic heterocycles. The lowest BCUT2D eigenvalue weighted by Crippen LogP contribution is -2.06. The first kappa shape index (κ1) is 15.2. The molecule has 0 aliphatic carbocycles. The first-order valence-corrected chi connectivity index (χ1v) is 6.91. The van der Waals surface area contributed by atoms with E-state index in [0.29, 0.717) is 15.8 Å². The van der Waals surface area contributed by atoms with Gasteiger partial charge in [0.1, 0.15) is 5.82 Å². The monoisotopic (exact) mass is 334 g/mol. The molecule has 18 heavy (non-hydrogen) atoms. The van der Waals surface area contributed by atoms with Crippen LogP contribution in [-0.2, 0) is 4.79 Å². The number of aromatic carboxylic acids is 1. The van der Waals surface area contributed by atoms with Gasteiger partial charge in [0.25, 0.3) is 0 Å². The molecule has 0 fully saturated rings. The van der Waals surface area contributed by atoms with E-state index >= 15 is 0 Å². The predicted molar refractivity (Wildman–Crippen MR) is 71.4 cm³/mol. The lowest BCUT2D eigenvalue weighted by Gasteiger charge is -2.09. The highest BCUT2D eigenvalue weighted by atomic mass is 79.9.